The Morgan fingerprint density at radius 3 is 2.03 bits per heavy atom. The van der Waals surface area contributed by atoms with Gasteiger partial charge < -0.3 is 22.5 Å². The molecule has 0 aliphatic carbocycles. The fourth-order valence-corrected chi connectivity index (χ4v) is 4.79. The van der Waals surface area contributed by atoms with E-state index in [4.69, 9.17) is 17.2 Å². The van der Waals surface area contributed by atoms with Gasteiger partial charge in [0, 0.05) is 24.8 Å². The lowest BCUT2D eigenvalue weighted by Crippen LogP contribution is -2.46. The number of Topliss-reactive ketones (excluding diaryl/α,β-unsaturated/α-hetero) is 1. The second kappa shape index (κ2) is 17.6. The molecule has 1 rings (SSSR count). The van der Waals surface area contributed by atoms with Crippen LogP contribution < -0.4 is 22.5 Å². The SMILES string of the molecule is CC(C)C[C@H](CC[C@@H](C)CCCN=C(N)N)C(=O)N[C@@H](CC(C)C)C(=O)C[C@@H](Cc1ccccc1)C(N)=O. The van der Waals surface area contributed by atoms with E-state index in [1.54, 1.807) is 0 Å². The molecule has 0 fully saturated rings. The van der Waals surface area contributed by atoms with Crippen molar-refractivity contribution in [2.75, 3.05) is 6.54 Å². The van der Waals surface area contributed by atoms with Crippen LogP contribution in [0.1, 0.15) is 85.1 Å². The van der Waals surface area contributed by atoms with Crippen LogP contribution in [0.3, 0.4) is 0 Å². The van der Waals surface area contributed by atoms with E-state index in [2.05, 4.69) is 31.1 Å². The van der Waals surface area contributed by atoms with Crippen molar-refractivity contribution in [1.82, 2.24) is 5.32 Å². The molecular weight excluding hydrogens is 478 g/mol. The first-order valence-electron chi connectivity index (χ1n) is 14.1. The van der Waals surface area contributed by atoms with Crippen molar-refractivity contribution in [2.45, 2.75) is 92.0 Å². The fourth-order valence-electron chi connectivity index (χ4n) is 4.79. The van der Waals surface area contributed by atoms with Crippen molar-refractivity contribution >= 4 is 23.6 Å². The van der Waals surface area contributed by atoms with Gasteiger partial charge in [-0.1, -0.05) is 65.0 Å². The van der Waals surface area contributed by atoms with Crippen LogP contribution in [0.5, 0.6) is 0 Å². The van der Waals surface area contributed by atoms with Crippen LogP contribution in [0, 0.1) is 29.6 Å². The predicted octanol–water partition coefficient (Wildman–Crippen LogP) is 3.95. The summed E-state index contributed by atoms with van der Waals surface area (Å²) in [5.74, 6) is -0.383. The van der Waals surface area contributed by atoms with Crippen LogP contribution in [0.4, 0.5) is 0 Å². The highest BCUT2D eigenvalue weighted by Crippen LogP contribution is 2.24. The Morgan fingerprint density at radius 1 is 0.842 bits per heavy atom. The molecule has 0 saturated heterocycles. The molecule has 8 nitrogen and oxygen atoms in total. The quantitative estimate of drug-likeness (QED) is 0.121. The Balaban J connectivity index is 2.85. The van der Waals surface area contributed by atoms with Gasteiger partial charge >= 0.3 is 0 Å². The third-order valence-electron chi connectivity index (χ3n) is 6.87. The number of nitrogens with one attached hydrogen (secondary N) is 1. The number of carbonyl (C=O) groups excluding carboxylic acids is 3. The summed E-state index contributed by atoms with van der Waals surface area (Å²) >= 11 is 0. The highest BCUT2D eigenvalue weighted by Gasteiger charge is 2.30. The van der Waals surface area contributed by atoms with Crippen molar-refractivity contribution < 1.29 is 14.4 Å². The summed E-state index contributed by atoms with van der Waals surface area (Å²) in [7, 11) is 0. The first-order chi connectivity index (χ1) is 17.9. The number of benzene rings is 1. The molecule has 4 atom stereocenters. The number of carbonyl (C=O) groups is 3. The Hall–Kier alpha value is -2.90. The molecule has 0 radical (unpaired) electrons. The smallest absolute Gasteiger partial charge is 0.223 e. The average Bonchev–Trinajstić information content (AvgIpc) is 2.83. The maximum atomic E-state index is 13.4. The molecule has 214 valence electrons. The number of aliphatic imine (C=N–C) groups is 1. The molecule has 0 heterocycles. The fraction of sp³-hybridized carbons (Fsp3) is 0.667. The molecule has 2 amide bonds. The molecule has 7 N–H and O–H groups in total. The first-order valence-corrected chi connectivity index (χ1v) is 14.1. The van der Waals surface area contributed by atoms with E-state index in [-0.39, 0.29) is 35.9 Å². The minimum absolute atomic E-state index is 0.0174. The van der Waals surface area contributed by atoms with Gasteiger partial charge in [-0.25, -0.2) is 0 Å². The maximum Gasteiger partial charge on any atom is 0.223 e. The van der Waals surface area contributed by atoms with Crippen molar-refractivity contribution in [3.8, 4) is 0 Å². The number of primary amides is 1. The van der Waals surface area contributed by atoms with Crippen LogP contribution in [0.15, 0.2) is 35.3 Å². The van der Waals surface area contributed by atoms with E-state index in [1.807, 2.05) is 44.2 Å². The number of ketones is 1. The van der Waals surface area contributed by atoms with Crippen molar-refractivity contribution in [3.05, 3.63) is 35.9 Å². The Bertz CT molecular complexity index is 881. The van der Waals surface area contributed by atoms with E-state index in [0.29, 0.717) is 31.2 Å². The average molecular weight is 530 g/mol. The number of hydrogen-bond donors (Lipinski definition) is 4. The van der Waals surface area contributed by atoms with Gasteiger partial charge in [0.15, 0.2) is 11.7 Å². The molecule has 8 heteroatoms. The number of hydrogen-bond acceptors (Lipinski definition) is 4. The van der Waals surface area contributed by atoms with E-state index >= 15 is 0 Å². The zero-order valence-corrected chi connectivity index (χ0v) is 24.1. The molecule has 1 aromatic carbocycles. The van der Waals surface area contributed by atoms with Crippen LogP contribution in [-0.4, -0.2) is 36.1 Å². The second-order valence-electron chi connectivity index (χ2n) is 11.6. The van der Waals surface area contributed by atoms with Crippen molar-refractivity contribution in [2.24, 2.45) is 51.8 Å². The summed E-state index contributed by atoms with van der Waals surface area (Å²) in [5, 5.41) is 3.06. The molecule has 1 aromatic rings. The third-order valence-corrected chi connectivity index (χ3v) is 6.87. The van der Waals surface area contributed by atoms with Gasteiger partial charge in [0.25, 0.3) is 0 Å². The minimum Gasteiger partial charge on any atom is -0.370 e. The lowest BCUT2D eigenvalue weighted by atomic mass is 9.86. The van der Waals surface area contributed by atoms with E-state index in [1.165, 1.54) is 0 Å². The first kappa shape index (κ1) is 33.1. The van der Waals surface area contributed by atoms with Gasteiger partial charge in [0.1, 0.15) is 0 Å². The van der Waals surface area contributed by atoms with Gasteiger partial charge in [0.05, 0.1) is 6.04 Å². The number of rotatable bonds is 19. The van der Waals surface area contributed by atoms with Gasteiger partial charge in [-0.05, 0) is 68.3 Å². The summed E-state index contributed by atoms with van der Waals surface area (Å²) in [6.45, 7) is 11.1. The molecule has 0 spiro atoms. The Labute approximate surface area is 229 Å². The zero-order valence-electron chi connectivity index (χ0n) is 24.1. The number of nitrogens with two attached hydrogens (primary N) is 3. The summed E-state index contributed by atoms with van der Waals surface area (Å²) in [5.41, 5.74) is 17.4. The largest absolute Gasteiger partial charge is 0.370 e. The van der Waals surface area contributed by atoms with Gasteiger partial charge in [-0.2, -0.15) is 0 Å². The summed E-state index contributed by atoms with van der Waals surface area (Å²) in [6.07, 6.45) is 5.26. The van der Waals surface area contributed by atoms with Crippen LogP contribution in [0.2, 0.25) is 0 Å². The highest BCUT2D eigenvalue weighted by molar-refractivity contribution is 5.92. The van der Waals surface area contributed by atoms with Crippen molar-refractivity contribution in [1.29, 1.82) is 0 Å². The van der Waals surface area contributed by atoms with E-state index in [0.717, 1.165) is 37.7 Å². The van der Waals surface area contributed by atoms with Crippen LogP contribution >= 0.6 is 0 Å². The molecule has 0 aromatic heterocycles. The molecule has 38 heavy (non-hydrogen) atoms. The molecule has 0 saturated carbocycles. The van der Waals surface area contributed by atoms with Crippen LogP contribution in [0.25, 0.3) is 0 Å². The number of amides is 2. The molecule has 0 aliphatic heterocycles. The molecule has 0 aliphatic rings. The van der Waals surface area contributed by atoms with Gasteiger partial charge in [0.2, 0.25) is 11.8 Å². The summed E-state index contributed by atoms with van der Waals surface area (Å²) in [4.78, 5) is 43.0. The molecular formula is C30H51N5O3. The lowest BCUT2D eigenvalue weighted by molar-refractivity contribution is -0.132. The number of guanidine groups is 1. The van der Waals surface area contributed by atoms with E-state index in [9.17, 15) is 14.4 Å². The Kier molecular flexibility index (Phi) is 15.3. The van der Waals surface area contributed by atoms with Gasteiger partial charge in [-0.15, -0.1) is 0 Å². The standard InChI is InChI=1S/C30H51N5O3/c1-20(2)16-24(14-13-22(5)10-9-15-34-30(32)33)29(38)35-26(17-21(3)4)27(36)19-25(28(31)37)18-23-11-7-6-8-12-23/h6-8,11-12,20-22,24-26H,9-10,13-19H2,1-5H3,(H2,31,37)(H,35,38)(H4,32,33,34)/t22-,24-,25+,26-/m0/s1. The third kappa shape index (κ3) is 14.1. The topological polar surface area (TPSA) is 154 Å². The monoisotopic (exact) mass is 529 g/mol. The predicted molar refractivity (Wildman–Crippen MR) is 155 cm³/mol. The molecule has 0 unspecified atom stereocenters. The zero-order chi connectivity index (χ0) is 28.7. The van der Waals surface area contributed by atoms with Crippen LogP contribution in [-0.2, 0) is 20.8 Å². The highest BCUT2D eigenvalue weighted by atomic mass is 16.2. The normalized spacial score (nSPS) is 14.5. The maximum absolute atomic E-state index is 13.4. The summed E-state index contributed by atoms with van der Waals surface area (Å²) in [6, 6.07) is 8.92. The Morgan fingerprint density at radius 2 is 1.47 bits per heavy atom. The lowest BCUT2D eigenvalue weighted by Gasteiger charge is -2.26. The summed E-state index contributed by atoms with van der Waals surface area (Å²) < 4.78 is 0. The second-order valence-corrected chi connectivity index (χ2v) is 11.6. The molecule has 0 bridgehead atoms. The van der Waals surface area contributed by atoms with Crippen molar-refractivity contribution in [3.63, 3.8) is 0 Å². The minimum atomic E-state index is -0.633. The van der Waals surface area contributed by atoms with Gasteiger partial charge in [-0.3, -0.25) is 19.4 Å². The number of nitrogens with zero attached hydrogens (tertiary/aromatic N) is 1. The van der Waals surface area contributed by atoms with E-state index < -0.39 is 17.9 Å².